The van der Waals surface area contributed by atoms with Gasteiger partial charge in [-0.15, -0.1) is 0 Å². The zero-order chi connectivity index (χ0) is 23.7. The van der Waals surface area contributed by atoms with E-state index < -0.39 is 0 Å². The topological polar surface area (TPSA) is 74.1 Å². The summed E-state index contributed by atoms with van der Waals surface area (Å²) in [5, 5.41) is 4.53. The van der Waals surface area contributed by atoms with Crippen molar-refractivity contribution >= 4 is 17.5 Å². The predicted octanol–water partition coefficient (Wildman–Crippen LogP) is 2.24. The molecule has 180 valence electrons. The number of carbonyl (C=O) groups excluding carboxylic acids is 2. The number of amides is 2. The van der Waals surface area contributed by atoms with E-state index in [0.717, 1.165) is 54.5 Å². The van der Waals surface area contributed by atoms with Crippen molar-refractivity contribution in [3.63, 3.8) is 0 Å². The summed E-state index contributed by atoms with van der Waals surface area (Å²) in [4.78, 5) is 36.5. The molecule has 33 heavy (non-hydrogen) atoms. The van der Waals surface area contributed by atoms with Gasteiger partial charge in [0.2, 0.25) is 11.8 Å². The first-order valence-corrected chi connectivity index (χ1v) is 12.3. The first-order valence-electron chi connectivity index (χ1n) is 12.3. The zero-order valence-corrected chi connectivity index (χ0v) is 20.8. The van der Waals surface area contributed by atoms with E-state index in [2.05, 4.69) is 28.8 Å². The molecule has 0 aliphatic carbocycles. The van der Waals surface area contributed by atoms with Crippen LogP contribution in [-0.2, 0) is 16.0 Å². The monoisotopic (exact) mass is 454 g/mol. The molecular weight excluding hydrogens is 416 g/mol. The van der Waals surface area contributed by atoms with Crippen LogP contribution in [0.25, 0.3) is 5.65 Å². The van der Waals surface area contributed by atoms with E-state index >= 15 is 0 Å². The van der Waals surface area contributed by atoms with Crippen LogP contribution in [0.1, 0.15) is 49.3 Å². The van der Waals surface area contributed by atoms with Crippen molar-refractivity contribution in [1.29, 1.82) is 0 Å². The van der Waals surface area contributed by atoms with Gasteiger partial charge in [-0.3, -0.25) is 14.5 Å². The Kier molecular flexibility index (Phi) is 7.02. The third-order valence-electron chi connectivity index (χ3n) is 7.18. The lowest BCUT2D eigenvalue weighted by molar-refractivity contribution is -0.136. The molecule has 0 aromatic carbocycles. The Morgan fingerprint density at radius 2 is 1.64 bits per heavy atom. The summed E-state index contributed by atoms with van der Waals surface area (Å²) in [6.45, 7) is 15.6. The number of carbonyl (C=O) groups is 2. The van der Waals surface area contributed by atoms with Gasteiger partial charge in [-0.25, -0.2) is 9.50 Å². The lowest BCUT2D eigenvalue weighted by atomic mass is 9.92. The van der Waals surface area contributed by atoms with Crippen molar-refractivity contribution in [2.45, 2.75) is 53.9 Å². The van der Waals surface area contributed by atoms with E-state index in [-0.39, 0.29) is 11.8 Å². The van der Waals surface area contributed by atoms with Gasteiger partial charge in [0, 0.05) is 63.1 Å². The van der Waals surface area contributed by atoms with E-state index in [1.54, 1.807) is 0 Å². The standard InChI is InChI=1S/C25H38N6O2/c1-17-12-18(2)15-30(14-17)25(33)16-28-8-10-29(11-9-28)24(32)7-6-22-20(4)26-23-13-19(3)27-31(23)21(22)5/h13,17-18H,6-12,14-16H2,1-5H3. The fourth-order valence-corrected chi connectivity index (χ4v) is 5.51. The minimum absolute atomic E-state index is 0.176. The molecule has 0 radical (unpaired) electrons. The Morgan fingerprint density at radius 1 is 0.970 bits per heavy atom. The molecule has 0 saturated carbocycles. The molecule has 4 heterocycles. The Balaban J connectivity index is 1.27. The minimum atomic E-state index is 0.176. The Hall–Kier alpha value is -2.48. The Morgan fingerprint density at radius 3 is 2.30 bits per heavy atom. The van der Waals surface area contributed by atoms with Crippen LogP contribution in [-0.4, -0.2) is 86.9 Å². The van der Waals surface area contributed by atoms with Crippen molar-refractivity contribution in [2.24, 2.45) is 11.8 Å². The molecule has 2 aromatic heterocycles. The second-order valence-electron chi connectivity index (χ2n) is 10.2. The number of piperidine rings is 1. The average Bonchev–Trinajstić information content (AvgIpc) is 3.13. The van der Waals surface area contributed by atoms with Gasteiger partial charge in [0.05, 0.1) is 12.2 Å². The normalized spacial score (nSPS) is 22.2. The highest BCUT2D eigenvalue weighted by molar-refractivity contribution is 5.79. The summed E-state index contributed by atoms with van der Waals surface area (Å²) in [6, 6.07) is 1.98. The SMILES string of the molecule is Cc1cc2nc(C)c(CCC(=O)N3CCN(CC(=O)N4CC(C)CC(C)C4)CC3)c(C)n2n1. The molecule has 8 heteroatoms. The minimum Gasteiger partial charge on any atom is -0.341 e. The van der Waals surface area contributed by atoms with Crippen LogP contribution in [0.4, 0.5) is 0 Å². The molecule has 2 aromatic rings. The summed E-state index contributed by atoms with van der Waals surface area (Å²) < 4.78 is 1.88. The average molecular weight is 455 g/mol. The first-order chi connectivity index (χ1) is 15.7. The van der Waals surface area contributed by atoms with Crippen molar-refractivity contribution in [3.8, 4) is 0 Å². The number of likely N-dealkylation sites (tertiary alicyclic amines) is 1. The molecule has 2 atom stereocenters. The zero-order valence-electron chi connectivity index (χ0n) is 20.8. The third-order valence-corrected chi connectivity index (χ3v) is 7.18. The molecule has 0 N–H and O–H groups in total. The number of aromatic nitrogens is 3. The van der Waals surface area contributed by atoms with Crippen molar-refractivity contribution in [3.05, 3.63) is 28.7 Å². The van der Waals surface area contributed by atoms with Crippen molar-refractivity contribution in [1.82, 2.24) is 29.3 Å². The maximum atomic E-state index is 12.9. The van der Waals surface area contributed by atoms with Crippen molar-refractivity contribution in [2.75, 3.05) is 45.8 Å². The number of nitrogens with zero attached hydrogens (tertiary/aromatic N) is 6. The number of rotatable bonds is 5. The lowest BCUT2D eigenvalue weighted by Gasteiger charge is -2.38. The van der Waals surface area contributed by atoms with Gasteiger partial charge in [-0.2, -0.15) is 5.10 Å². The fraction of sp³-hybridized carbons (Fsp3) is 0.680. The molecular formula is C25H38N6O2. The highest BCUT2D eigenvalue weighted by atomic mass is 16.2. The Labute approximate surface area is 196 Å². The van der Waals surface area contributed by atoms with Gasteiger partial charge < -0.3 is 9.80 Å². The maximum Gasteiger partial charge on any atom is 0.236 e. The summed E-state index contributed by atoms with van der Waals surface area (Å²) in [7, 11) is 0. The predicted molar refractivity (Wildman–Crippen MR) is 128 cm³/mol. The summed E-state index contributed by atoms with van der Waals surface area (Å²) >= 11 is 0. The number of aryl methyl sites for hydroxylation is 3. The van der Waals surface area contributed by atoms with Crippen LogP contribution in [0.3, 0.4) is 0 Å². The largest absolute Gasteiger partial charge is 0.341 e. The van der Waals surface area contributed by atoms with Crippen LogP contribution in [0.2, 0.25) is 0 Å². The lowest BCUT2D eigenvalue weighted by Crippen LogP contribution is -2.53. The smallest absolute Gasteiger partial charge is 0.236 e. The van der Waals surface area contributed by atoms with Crippen molar-refractivity contribution < 1.29 is 9.59 Å². The van der Waals surface area contributed by atoms with E-state index in [1.165, 1.54) is 6.42 Å². The Bertz CT molecular complexity index is 1010. The number of piperazine rings is 1. The number of hydrogen-bond acceptors (Lipinski definition) is 5. The van der Waals surface area contributed by atoms with Crippen LogP contribution in [0, 0.1) is 32.6 Å². The van der Waals surface area contributed by atoms with Crippen LogP contribution < -0.4 is 0 Å². The van der Waals surface area contributed by atoms with E-state index in [9.17, 15) is 9.59 Å². The van der Waals surface area contributed by atoms with E-state index in [0.29, 0.717) is 44.3 Å². The van der Waals surface area contributed by atoms with Gasteiger partial charge in [0.15, 0.2) is 5.65 Å². The van der Waals surface area contributed by atoms with E-state index in [1.807, 2.05) is 41.2 Å². The second kappa shape index (κ2) is 9.79. The molecule has 0 spiro atoms. The van der Waals surface area contributed by atoms with Gasteiger partial charge in [0.25, 0.3) is 0 Å². The van der Waals surface area contributed by atoms with Gasteiger partial charge in [-0.1, -0.05) is 13.8 Å². The molecule has 2 unspecified atom stereocenters. The van der Waals surface area contributed by atoms with Gasteiger partial charge >= 0.3 is 0 Å². The highest BCUT2D eigenvalue weighted by Gasteiger charge is 2.28. The third kappa shape index (κ3) is 5.37. The molecule has 4 rings (SSSR count). The number of fused-ring (bicyclic) bond motifs is 1. The quantitative estimate of drug-likeness (QED) is 0.693. The highest BCUT2D eigenvalue weighted by Crippen LogP contribution is 2.21. The second-order valence-corrected chi connectivity index (χ2v) is 10.2. The summed E-state index contributed by atoms with van der Waals surface area (Å²) in [5.74, 6) is 1.56. The van der Waals surface area contributed by atoms with Crippen LogP contribution in [0.15, 0.2) is 6.07 Å². The molecule has 0 bridgehead atoms. The summed E-state index contributed by atoms with van der Waals surface area (Å²) in [5.41, 5.74) is 4.93. The molecule has 2 fully saturated rings. The van der Waals surface area contributed by atoms with E-state index in [4.69, 9.17) is 0 Å². The van der Waals surface area contributed by atoms with Gasteiger partial charge in [0.1, 0.15) is 0 Å². The first kappa shape index (κ1) is 23.7. The maximum absolute atomic E-state index is 12.9. The fourth-order valence-electron chi connectivity index (χ4n) is 5.51. The molecule has 2 aliphatic heterocycles. The molecule has 2 saturated heterocycles. The van der Waals surface area contributed by atoms with Crippen LogP contribution in [0.5, 0.6) is 0 Å². The molecule has 8 nitrogen and oxygen atoms in total. The van der Waals surface area contributed by atoms with Crippen LogP contribution >= 0.6 is 0 Å². The number of hydrogen-bond donors (Lipinski definition) is 0. The van der Waals surface area contributed by atoms with Gasteiger partial charge in [-0.05, 0) is 51.0 Å². The molecule has 2 aliphatic rings. The summed E-state index contributed by atoms with van der Waals surface area (Å²) in [6.07, 6.45) is 2.34. The molecule has 2 amide bonds.